The summed E-state index contributed by atoms with van der Waals surface area (Å²) in [5, 5.41) is 0. The molecule has 0 N–H and O–H groups in total. The maximum atomic E-state index is 2.22. The molecule has 0 aliphatic carbocycles. The lowest BCUT2D eigenvalue weighted by Crippen LogP contribution is -1.85. The first-order valence-electron chi connectivity index (χ1n) is 5.00. The summed E-state index contributed by atoms with van der Waals surface area (Å²) in [5.74, 6) is 0. The van der Waals surface area contributed by atoms with Crippen molar-refractivity contribution in [1.82, 2.24) is 0 Å². The molecule has 1 heteroatoms. The van der Waals surface area contributed by atoms with E-state index in [2.05, 4.69) is 37.4 Å². The Morgan fingerprint density at radius 2 is 1.77 bits per heavy atom. The van der Waals surface area contributed by atoms with Crippen molar-refractivity contribution in [3.05, 3.63) is 29.8 Å². The Kier molecular flexibility index (Phi) is 7.91. The molecule has 0 fully saturated rings. The highest BCUT2D eigenvalue weighted by atomic mass is 32.2. The Hall–Kier alpha value is -0.430. The van der Waals surface area contributed by atoms with Crippen molar-refractivity contribution in [3.63, 3.8) is 0 Å². The average molecular weight is 196 g/mol. The highest BCUT2D eigenvalue weighted by molar-refractivity contribution is 7.98. The molecular formula is C12H20S. The van der Waals surface area contributed by atoms with Gasteiger partial charge < -0.3 is 0 Å². The van der Waals surface area contributed by atoms with Gasteiger partial charge in [-0.1, -0.05) is 45.4 Å². The first-order chi connectivity index (χ1) is 6.38. The Bertz CT molecular complexity index is 218. The third kappa shape index (κ3) is 4.37. The summed E-state index contributed by atoms with van der Waals surface area (Å²) >= 11 is 1.84. The fraction of sp³-hybridized carbons (Fsp3) is 0.500. The monoisotopic (exact) mass is 196 g/mol. The second-order valence-corrected chi connectivity index (χ2v) is 3.41. The smallest absolute Gasteiger partial charge is 0.0101 e. The number of hydrogen-bond donors (Lipinski definition) is 0. The van der Waals surface area contributed by atoms with Crippen LogP contribution in [0.2, 0.25) is 0 Å². The molecule has 0 saturated heterocycles. The van der Waals surface area contributed by atoms with Crippen LogP contribution in [0.15, 0.2) is 29.2 Å². The van der Waals surface area contributed by atoms with Gasteiger partial charge in [0.2, 0.25) is 0 Å². The molecule has 0 spiro atoms. The Balaban J connectivity index is 0.000000671. The molecule has 0 nitrogen and oxygen atoms in total. The van der Waals surface area contributed by atoms with Gasteiger partial charge in [-0.05, 0) is 24.3 Å². The minimum absolute atomic E-state index is 1.21. The fourth-order valence-electron chi connectivity index (χ4n) is 1.18. The van der Waals surface area contributed by atoms with Crippen molar-refractivity contribution in [2.75, 3.05) is 6.26 Å². The SMILES string of the molecule is CC.CCCc1ccccc1SC. The lowest BCUT2D eigenvalue weighted by atomic mass is 10.1. The molecule has 0 radical (unpaired) electrons. The predicted octanol–water partition coefficient (Wildman–Crippen LogP) is 4.39. The van der Waals surface area contributed by atoms with E-state index in [0.29, 0.717) is 0 Å². The lowest BCUT2D eigenvalue weighted by Gasteiger charge is -2.03. The van der Waals surface area contributed by atoms with Crippen molar-refractivity contribution in [2.45, 2.75) is 38.5 Å². The number of hydrogen-bond acceptors (Lipinski definition) is 1. The summed E-state index contributed by atoms with van der Waals surface area (Å²) in [5.41, 5.74) is 1.49. The molecule has 0 aromatic heterocycles. The Morgan fingerprint density at radius 1 is 1.15 bits per heavy atom. The topological polar surface area (TPSA) is 0 Å². The van der Waals surface area contributed by atoms with Gasteiger partial charge in [-0.15, -0.1) is 11.8 Å². The van der Waals surface area contributed by atoms with E-state index in [1.165, 1.54) is 23.3 Å². The zero-order valence-electron chi connectivity index (χ0n) is 9.13. The van der Waals surface area contributed by atoms with Crippen LogP contribution < -0.4 is 0 Å². The van der Waals surface area contributed by atoms with Crippen molar-refractivity contribution >= 4 is 11.8 Å². The van der Waals surface area contributed by atoms with Gasteiger partial charge in [0, 0.05) is 4.90 Å². The normalized spacial score (nSPS) is 8.92. The maximum absolute atomic E-state index is 2.22. The zero-order valence-corrected chi connectivity index (χ0v) is 9.95. The van der Waals surface area contributed by atoms with Crippen LogP contribution in [0.1, 0.15) is 32.8 Å². The van der Waals surface area contributed by atoms with Crippen LogP contribution >= 0.6 is 11.8 Å². The summed E-state index contributed by atoms with van der Waals surface area (Å²) < 4.78 is 0. The largest absolute Gasteiger partial charge is 0.129 e. The predicted molar refractivity (Wildman–Crippen MR) is 63.6 cm³/mol. The highest BCUT2D eigenvalue weighted by Crippen LogP contribution is 2.20. The van der Waals surface area contributed by atoms with E-state index >= 15 is 0 Å². The average Bonchev–Trinajstić information content (AvgIpc) is 2.22. The summed E-state index contributed by atoms with van der Waals surface area (Å²) in [6.45, 7) is 6.22. The molecule has 1 rings (SSSR count). The van der Waals surface area contributed by atoms with Gasteiger partial charge in [-0.3, -0.25) is 0 Å². The zero-order chi connectivity index (χ0) is 10.1. The van der Waals surface area contributed by atoms with Gasteiger partial charge in [0.25, 0.3) is 0 Å². The van der Waals surface area contributed by atoms with Crippen LogP contribution in [0.3, 0.4) is 0 Å². The van der Waals surface area contributed by atoms with Gasteiger partial charge in [0.1, 0.15) is 0 Å². The number of thioether (sulfide) groups is 1. The first kappa shape index (κ1) is 12.6. The maximum Gasteiger partial charge on any atom is 0.0101 e. The van der Waals surface area contributed by atoms with E-state index in [1.54, 1.807) is 0 Å². The molecule has 0 saturated carbocycles. The minimum atomic E-state index is 1.21. The Labute approximate surface area is 86.7 Å². The van der Waals surface area contributed by atoms with E-state index in [-0.39, 0.29) is 0 Å². The van der Waals surface area contributed by atoms with Crippen LogP contribution in [0, 0.1) is 0 Å². The molecule has 1 aromatic carbocycles. The second-order valence-electron chi connectivity index (χ2n) is 2.56. The molecule has 0 unspecified atom stereocenters. The van der Waals surface area contributed by atoms with Gasteiger partial charge >= 0.3 is 0 Å². The van der Waals surface area contributed by atoms with Gasteiger partial charge in [0.05, 0.1) is 0 Å². The van der Waals surface area contributed by atoms with E-state index in [1.807, 2.05) is 25.6 Å². The summed E-state index contributed by atoms with van der Waals surface area (Å²) in [6, 6.07) is 8.63. The van der Waals surface area contributed by atoms with Crippen LogP contribution in [0.25, 0.3) is 0 Å². The van der Waals surface area contributed by atoms with E-state index in [4.69, 9.17) is 0 Å². The molecule has 0 atom stereocenters. The molecule has 0 heterocycles. The second kappa shape index (κ2) is 8.18. The van der Waals surface area contributed by atoms with Gasteiger partial charge in [-0.25, -0.2) is 0 Å². The molecular weight excluding hydrogens is 176 g/mol. The van der Waals surface area contributed by atoms with E-state index in [9.17, 15) is 0 Å². The molecule has 13 heavy (non-hydrogen) atoms. The van der Waals surface area contributed by atoms with E-state index < -0.39 is 0 Å². The number of aryl methyl sites for hydroxylation is 1. The molecule has 1 aromatic rings. The van der Waals surface area contributed by atoms with Crippen LogP contribution in [0.5, 0.6) is 0 Å². The lowest BCUT2D eigenvalue weighted by molar-refractivity contribution is 0.901. The van der Waals surface area contributed by atoms with Gasteiger partial charge in [0.15, 0.2) is 0 Å². The van der Waals surface area contributed by atoms with Crippen molar-refractivity contribution < 1.29 is 0 Å². The quantitative estimate of drug-likeness (QED) is 0.646. The fourth-order valence-corrected chi connectivity index (χ4v) is 1.83. The van der Waals surface area contributed by atoms with Crippen molar-refractivity contribution in [1.29, 1.82) is 0 Å². The molecule has 0 aliphatic rings. The number of benzene rings is 1. The highest BCUT2D eigenvalue weighted by Gasteiger charge is 1.96. The molecule has 0 aliphatic heterocycles. The van der Waals surface area contributed by atoms with Crippen LogP contribution in [-0.2, 0) is 6.42 Å². The van der Waals surface area contributed by atoms with Crippen LogP contribution in [0.4, 0.5) is 0 Å². The van der Waals surface area contributed by atoms with E-state index in [0.717, 1.165) is 0 Å². The summed E-state index contributed by atoms with van der Waals surface area (Å²) in [4.78, 5) is 1.43. The van der Waals surface area contributed by atoms with Crippen molar-refractivity contribution in [2.24, 2.45) is 0 Å². The standard InChI is InChI=1S/C10H14S.C2H6/c1-3-6-9-7-4-5-8-10(9)11-2;1-2/h4-5,7-8H,3,6H2,1-2H3;1-2H3. The number of rotatable bonds is 3. The molecule has 74 valence electrons. The third-order valence-electron chi connectivity index (χ3n) is 1.71. The minimum Gasteiger partial charge on any atom is -0.129 e. The molecule has 0 bridgehead atoms. The van der Waals surface area contributed by atoms with Gasteiger partial charge in [-0.2, -0.15) is 0 Å². The van der Waals surface area contributed by atoms with Crippen LogP contribution in [-0.4, -0.2) is 6.26 Å². The summed E-state index contributed by atoms with van der Waals surface area (Å²) in [6.07, 6.45) is 4.57. The third-order valence-corrected chi connectivity index (χ3v) is 2.55. The Morgan fingerprint density at radius 3 is 2.31 bits per heavy atom. The summed E-state index contributed by atoms with van der Waals surface area (Å²) in [7, 11) is 0. The molecule has 0 amide bonds. The first-order valence-corrected chi connectivity index (χ1v) is 6.23. The van der Waals surface area contributed by atoms with Crippen molar-refractivity contribution in [3.8, 4) is 0 Å².